The van der Waals surface area contributed by atoms with E-state index in [1.54, 1.807) is 24.3 Å². The smallest absolute Gasteiger partial charge is 0.279 e. The molecule has 2 rings (SSSR count). The van der Waals surface area contributed by atoms with Crippen LogP contribution >= 0.6 is 23.2 Å². The van der Waals surface area contributed by atoms with Gasteiger partial charge >= 0.3 is 0 Å². The Morgan fingerprint density at radius 3 is 2.52 bits per heavy atom. The van der Waals surface area contributed by atoms with E-state index >= 15 is 0 Å². The lowest BCUT2D eigenvalue weighted by Gasteiger charge is -2.11. The van der Waals surface area contributed by atoms with Crippen LogP contribution < -0.4 is 10.6 Å². The van der Waals surface area contributed by atoms with Crippen LogP contribution in [0.2, 0.25) is 10.0 Å². The van der Waals surface area contributed by atoms with Crippen molar-refractivity contribution in [3.05, 3.63) is 64.1 Å². The topological polar surface area (TPSA) is 45.7 Å². The Morgan fingerprint density at radius 1 is 1.14 bits per heavy atom. The van der Waals surface area contributed by atoms with E-state index in [1.165, 1.54) is 0 Å². The third kappa shape index (κ3) is 5.05. The first-order chi connectivity index (χ1) is 10.0. The predicted molar refractivity (Wildman–Crippen MR) is 86.7 cm³/mol. The maximum atomic E-state index is 11.9. The Balaban J connectivity index is 1.84. The fourth-order valence-corrected chi connectivity index (χ4v) is 2.28. The fraction of sp³-hybridized carbons (Fsp3) is 0.188. The first-order valence-corrected chi connectivity index (χ1v) is 7.44. The molecule has 0 bridgehead atoms. The summed E-state index contributed by atoms with van der Waals surface area (Å²) >= 11 is 11.8. The number of halogens is 2. The molecule has 0 aliphatic carbocycles. The van der Waals surface area contributed by atoms with Crippen molar-refractivity contribution in [1.29, 1.82) is 0 Å². The van der Waals surface area contributed by atoms with Crippen LogP contribution in [-0.2, 0) is 4.79 Å². The summed E-state index contributed by atoms with van der Waals surface area (Å²) in [6.07, 6.45) is 0. The van der Waals surface area contributed by atoms with E-state index in [2.05, 4.69) is 5.32 Å². The molecule has 0 saturated heterocycles. The molecule has 0 radical (unpaired) electrons. The van der Waals surface area contributed by atoms with Gasteiger partial charge in [0.25, 0.3) is 5.91 Å². The zero-order valence-corrected chi connectivity index (χ0v) is 13.2. The molecule has 3 nitrogen and oxygen atoms in total. The predicted octanol–water partition coefficient (Wildman–Crippen LogP) is 3.26. The molecular formula is C16H17Cl2N2O+. The van der Waals surface area contributed by atoms with E-state index in [1.807, 2.05) is 36.5 Å². The van der Waals surface area contributed by atoms with Crippen LogP contribution in [0.15, 0.2) is 48.5 Å². The maximum absolute atomic E-state index is 11.9. The molecular weight excluding hydrogens is 307 g/mol. The molecule has 0 unspecified atom stereocenters. The summed E-state index contributed by atoms with van der Waals surface area (Å²) in [5, 5.41) is 6.16. The quantitative estimate of drug-likeness (QED) is 0.871. The van der Waals surface area contributed by atoms with Gasteiger partial charge in [0.1, 0.15) is 6.04 Å². The number of rotatable bonds is 5. The highest BCUT2D eigenvalue weighted by Crippen LogP contribution is 2.15. The average molecular weight is 324 g/mol. The van der Waals surface area contributed by atoms with Gasteiger partial charge in [-0.3, -0.25) is 4.79 Å². The van der Waals surface area contributed by atoms with E-state index < -0.39 is 0 Å². The van der Waals surface area contributed by atoms with Crippen LogP contribution in [0.1, 0.15) is 18.5 Å². The lowest BCUT2D eigenvalue weighted by atomic mass is 10.1. The molecule has 0 spiro atoms. The van der Waals surface area contributed by atoms with Crippen LogP contribution in [0.5, 0.6) is 0 Å². The van der Waals surface area contributed by atoms with Gasteiger partial charge in [-0.1, -0.05) is 35.3 Å². The number of hydrogen-bond acceptors (Lipinski definition) is 1. The molecule has 21 heavy (non-hydrogen) atoms. The number of nitrogens with one attached hydrogen (secondary N) is 1. The standard InChI is InChI=1S/C16H16Cl2N2O/c1-11(12-3-2-4-14(18)9-12)19-10-16(21)20-15-7-5-13(17)6-8-15/h2-9,11,19H,10H2,1H3,(H,20,21)/p+1/t11-/m1/s1. The van der Waals surface area contributed by atoms with Gasteiger partial charge in [-0.25, -0.2) is 0 Å². The van der Waals surface area contributed by atoms with Crippen LogP contribution in [0.3, 0.4) is 0 Å². The summed E-state index contributed by atoms with van der Waals surface area (Å²) in [6.45, 7) is 2.39. The molecule has 0 aromatic heterocycles. The number of anilines is 1. The Labute approximate surface area is 134 Å². The number of benzene rings is 2. The number of carbonyl (C=O) groups is 1. The molecule has 2 aromatic carbocycles. The lowest BCUT2D eigenvalue weighted by molar-refractivity contribution is -0.682. The molecule has 0 heterocycles. The van der Waals surface area contributed by atoms with Gasteiger partial charge in [0.2, 0.25) is 0 Å². The molecule has 110 valence electrons. The van der Waals surface area contributed by atoms with Crippen molar-refractivity contribution in [2.24, 2.45) is 0 Å². The van der Waals surface area contributed by atoms with E-state index in [0.29, 0.717) is 16.6 Å². The molecule has 2 aromatic rings. The Morgan fingerprint density at radius 2 is 1.86 bits per heavy atom. The van der Waals surface area contributed by atoms with Crippen molar-refractivity contribution in [2.45, 2.75) is 13.0 Å². The van der Waals surface area contributed by atoms with Gasteiger partial charge in [0, 0.05) is 21.3 Å². The van der Waals surface area contributed by atoms with Crippen molar-refractivity contribution in [2.75, 3.05) is 11.9 Å². The highest BCUT2D eigenvalue weighted by atomic mass is 35.5. The lowest BCUT2D eigenvalue weighted by Crippen LogP contribution is -2.86. The molecule has 0 fully saturated rings. The van der Waals surface area contributed by atoms with Crippen LogP contribution in [-0.4, -0.2) is 12.5 Å². The molecule has 3 N–H and O–H groups in total. The fourth-order valence-electron chi connectivity index (χ4n) is 1.95. The number of nitrogens with two attached hydrogens (primary N) is 1. The van der Waals surface area contributed by atoms with E-state index in [-0.39, 0.29) is 11.9 Å². The van der Waals surface area contributed by atoms with Crippen molar-refractivity contribution < 1.29 is 10.1 Å². The molecule has 1 amide bonds. The second-order valence-corrected chi connectivity index (χ2v) is 5.71. The van der Waals surface area contributed by atoms with Crippen LogP contribution in [0.4, 0.5) is 5.69 Å². The minimum Gasteiger partial charge on any atom is -0.333 e. The largest absolute Gasteiger partial charge is 0.333 e. The zero-order valence-electron chi connectivity index (χ0n) is 11.6. The molecule has 0 aliphatic rings. The van der Waals surface area contributed by atoms with Gasteiger partial charge in [-0.05, 0) is 43.3 Å². The Kier molecular flexibility index (Phi) is 5.62. The van der Waals surface area contributed by atoms with Crippen molar-refractivity contribution >= 4 is 34.8 Å². The monoisotopic (exact) mass is 323 g/mol. The van der Waals surface area contributed by atoms with Gasteiger partial charge < -0.3 is 10.6 Å². The Bertz CT molecular complexity index is 614. The summed E-state index contributed by atoms with van der Waals surface area (Å²) in [5.41, 5.74) is 1.84. The molecule has 0 saturated carbocycles. The average Bonchev–Trinajstić information content (AvgIpc) is 2.47. The first-order valence-electron chi connectivity index (χ1n) is 6.69. The van der Waals surface area contributed by atoms with Crippen LogP contribution in [0.25, 0.3) is 0 Å². The zero-order chi connectivity index (χ0) is 15.2. The summed E-state index contributed by atoms with van der Waals surface area (Å²) in [6, 6.07) is 14.9. The number of amides is 1. The minimum atomic E-state index is -0.0498. The summed E-state index contributed by atoms with van der Waals surface area (Å²) < 4.78 is 0. The van der Waals surface area contributed by atoms with Gasteiger partial charge in [0.15, 0.2) is 6.54 Å². The summed E-state index contributed by atoms with van der Waals surface area (Å²) in [5.74, 6) is -0.0498. The highest BCUT2D eigenvalue weighted by Gasteiger charge is 2.11. The third-order valence-corrected chi connectivity index (χ3v) is 3.65. The summed E-state index contributed by atoms with van der Waals surface area (Å²) in [4.78, 5) is 11.9. The third-order valence-electron chi connectivity index (χ3n) is 3.16. The van der Waals surface area contributed by atoms with Gasteiger partial charge in [0.05, 0.1) is 0 Å². The number of hydrogen-bond donors (Lipinski definition) is 2. The molecule has 1 atom stereocenters. The normalized spacial score (nSPS) is 12.0. The second kappa shape index (κ2) is 7.46. The summed E-state index contributed by atoms with van der Waals surface area (Å²) in [7, 11) is 0. The van der Waals surface area contributed by atoms with E-state index in [4.69, 9.17) is 23.2 Å². The van der Waals surface area contributed by atoms with Gasteiger partial charge in [-0.2, -0.15) is 0 Å². The van der Waals surface area contributed by atoms with Crippen molar-refractivity contribution in [1.82, 2.24) is 0 Å². The van der Waals surface area contributed by atoms with E-state index in [9.17, 15) is 4.79 Å². The number of quaternary nitrogens is 1. The van der Waals surface area contributed by atoms with Crippen molar-refractivity contribution in [3.8, 4) is 0 Å². The minimum absolute atomic E-state index is 0.0498. The van der Waals surface area contributed by atoms with Crippen LogP contribution in [0, 0.1) is 0 Å². The highest BCUT2D eigenvalue weighted by molar-refractivity contribution is 6.30. The van der Waals surface area contributed by atoms with Crippen molar-refractivity contribution in [3.63, 3.8) is 0 Å². The number of carbonyl (C=O) groups excluding carboxylic acids is 1. The second-order valence-electron chi connectivity index (χ2n) is 4.84. The molecule has 0 aliphatic heterocycles. The van der Waals surface area contributed by atoms with E-state index in [0.717, 1.165) is 11.3 Å². The Hall–Kier alpha value is -1.55. The maximum Gasteiger partial charge on any atom is 0.279 e. The molecule has 5 heteroatoms. The SMILES string of the molecule is C[C@@H]([NH2+]CC(=O)Nc1ccc(Cl)cc1)c1cccc(Cl)c1. The first kappa shape index (κ1) is 15.8. The van der Waals surface area contributed by atoms with Gasteiger partial charge in [-0.15, -0.1) is 0 Å².